The molecule has 1 aromatic rings. The van der Waals surface area contributed by atoms with Crippen LogP contribution in [-0.2, 0) is 11.3 Å². The molecule has 1 heterocycles. The van der Waals surface area contributed by atoms with E-state index >= 15 is 0 Å². The van der Waals surface area contributed by atoms with E-state index in [0.29, 0.717) is 5.69 Å². The topological polar surface area (TPSA) is 88.4 Å². The van der Waals surface area contributed by atoms with Gasteiger partial charge < -0.3 is 15.0 Å². The molecule has 1 atom stereocenters. The van der Waals surface area contributed by atoms with Crippen LogP contribution in [0.15, 0.2) is 17.1 Å². The summed E-state index contributed by atoms with van der Waals surface area (Å²) in [6, 6.07) is 1.30. The third kappa shape index (κ3) is 4.22. The highest BCUT2D eigenvalue weighted by Crippen LogP contribution is 2.01. The van der Waals surface area contributed by atoms with Crippen LogP contribution in [0.25, 0.3) is 0 Å². The van der Waals surface area contributed by atoms with Gasteiger partial charge >= 0.3 is 5.97 Å². The number of rotatable bonds is 6. The molecule has 0 radical (unpaired) electrons. The molecule has 0 saturated carbocycles. The Balaban J connectivity index is 2.87. The van der Waals surface area contributed by atoms with Crippen molar-refractivity contribution in [3.8, 4) is 0 Å². The number of amides is 1. The number of nitrogens with zero attached hydrogens (tertiary/aromatic N) is 1. The molecule has 0 aliphatic heterocycles. The van der Waals surface area contributed by atoms with E-state index in [2.05, 4.69) is 5.32 Å². The lowest BCUT2D eigenvalue weighted by atomic mass is 10.2. The molecule has 0 fully saturated rings. The standard InChI is InChI=1S/C14H20N2O4/c1-4-5-9(2)15-13(18)8-16-7-11(14(19)20)12(17)6-10(16)3/h6-7,9H,4-5,8H2,1-3H3,(H,15,18)(H,19,20). The molecule has 110 valence electrons. The van der Waals surface area contributed by atoms with Crippen LogP contribution in [0.4, 0.5) is 0 Å². The molecule has 6 nitrogen and oxygen atoms in total. The highest BCUT2D eigenvalue weighted by Gasteiger charge is 2.13. The van der Waals surface area contributed by atoms with Crippen molar-refractivity contribution in [3.05, 3.63) is 33.7 Å². The Bertz CT molecular complexity index is 563. The Morgan fingerprint density at radius 3 is 2.65 bits per heavy atom. The van der Waals surface area contributed by atoms with Gasteiger partial charge in [-0.1, -0.05) is 13.3 Å². The molecule has 0 saturated heterocycles. The second-order valence-electron chi connectivity index (χ2n) is 4.88. The lowest BCUT2D eigenvalue weighted by Crippen LogP contribution is -2.35. The minimum absolute atomic E-state index is 0.000444. The number of carbonyl (C=O) groups excluding carboxylic acids is 1. The van der Waals surface area contributed by atoms with Crippen molar-refractivity contribution in [2.75, 3.05) is 0 Å². The van der Waals surface area contributed by atoms with E-state index in [0.717, 1.165) is 12.8 Å². The molecule has 6 heteroatoms. The van der Waals surface area contributed by atoms with Gasteiger partial charge in [0.05, 0.1) is 0 Å². The second-order valence-corrected chi connectivity index (χ2v) is 4.88. The number of aromatic nitrogens is 1. The van der Waals surface area contributed by atoms with Crippen LogP contribution in [0.5, 0.6) is 0 Å². The summed E-state index contributed by atoms with van der Waals surface area (Å²) in [6.45, 7) is 5.62. The minimum Gasteiger partial charge on any atom is -0.477 e. The number of nitrogens with one attached hydrogen (secondary N) is 1. The van der Waals surface area contributed by atoms with Crippen molar-refractivity contribution in [2.24, 2.45) is 0 Å². The van der Waals surface area contributed by atoms with E-state index < -0.39 is 11.4 Å². The number of hydrogen-bond acceptors (Lipinski definition) is 3. The van der Waals surface area contributed by atoms with Crippen LogP contribution in [0.2, 0.25) is 0 Å². The molecule has 20 heavy (non-hydrogen) atoms. The van der Waals surface area contributed by atoms with E-state index in [-0.39, 0.29) is 24.1 Å². The van der Waals surface area contributed by atoms with Gasteiger partial charge in [0.2, 0.25) is 5.91 Å². The zero-order valence-corrected chi connectivity index (χ0v) is 12.0. The summed E-state index contributed by atoms with van der Waals surface area (Å²) < 4.78 is 1.47. The van der Waals surface area contributed by atoms with Crippen LogP contribution in [0, 0.1) is 6.92 Å². The molecule has 1 rings (SSSR count). The zero-order valence-electron chi connectivity index (χ0n) is 12.0. The molecule has 2 N–H and O–H groups in total. The van der Waals surface area contributed by atoms with Gasteiger partial charge in [0.15, 0.2) is 5.43 Å². The molecular weight excluding hydrogens is 260 g/mol. The number of hydrogen-bond donors (Lipinski definition) is 2. The summed E-state index contributed by atoms with van der Waals surface area (Å²) in [6.07, 6.45) is 3.07. The van der Waals surface area contributed by atoms with E-state index in [1.54, 1.807) is 6.92 Å². The number of aryl methyl sites for hydroxylation is 1. The summed E-state index contributed by atoms with van der Waals surface area (Å²) in [5, 5.41) is 11.8. The molecule has 1 unspecified atom stereocenters. The molecule has 1 amide bonds. The van der Waals surface area contributed by atoms with E-state index in [1.165, 1.54) is 16.8 Å². The molecule has 1 aromatic heterocycles. The molecule has 0 aliphatic carbocycles. The number of carbonyl (C=O) groups is 2. The lowest BCUT2D eigenvalue weighted by molar-refractivity contribution is -0.122. The van der Waals surface area contributed by atoms with Crippen molar-refractivity contribution in [1.82, 2.24) is 9.88 Å². The summed E-state index contributed by atoms with van der Waals surface area (Å²) in [4.78, 5) is 34.3. The Kier molecular flexibility index (Phi) is 5.49. The van der Waals surface area contributed by atoms with E-state index in [1.807, 2.05) is 13.8 Å². The van der Waals surface area contributed by atoms with Crippen molar-refractivity contribution < 1.29 is 14.7 Å². The maximum atomic E-state index is 11.9. The summed E-state index contributed by atoms with van der Waals surface area (Å²) >= 11 is 0. The summed E-state index contributed by atoms with van der Waals surface area (Å²) in [5.41, 5.74) is -0.325. The zero-order chi connectivity index (χ0) is 15.3. The largest absolute Gasteiger partial charge is 0.477 e. The fourth-order valence-electron chi connectivity index (χ4n) is 1.98. The molecule has 0 aliphatic rings. The van der Waals surface area contributed by atoms with Crippen molar-refractivity contribution in [2.45, 2.75) is 46.2 Å². The van der Waals surface area contributed by atoms with Gasteiger partial charge in [0, 0.05) is 24.0 Å². The van der Waals surface area contributed by atoms with Crippen LogP contribution >= 0.6 is 0 Å². The van der Waals surface area contributed by atoms with E-state index in [4.69, 9.17) is 5.11 Å². The Morgan fingerprint density at radius 2 is 2.10 bits per heavy atom. The molecule has 0 aromatic carbocycles. The Morgan fingerprint density at radius 1 is 1.45 bits per heavy atom. The molecule has 0 spiro atoms. The number of aromatic carboxylic acids is 1. The quantitative estimate of drug-likeness (QED) is 0.818. The normalized spacial score (nSPS) is 11.9. The van der Waals surface area contributed by atoms with Gasteiger partial charge in [-0.2, -0.15) is 0 Å². The fourth-order valence-corrected chi connectivity index (χ4v) is 1.98. The average Bonchev–Trinajstić information content (AvgIpc) is 2.32. The van der Waals surface area contributed by atoms with Crippen LogP contribution < -0.4 is 10.7 Å². The molecule has 0 bridgehead atoms. The first kappa shape index (κ1) is 15.9. The Labute approximate surface area is 117 Å². The first-order valence-corrected chi connectivity index (χ1v) is 6.58. The van der Waals surface area contributed by atoms with Crippen molar-refractivity contribution in [1.29, 1.82) is 0 Å². The number of carboxylic acids is 1. The van der Waals surface area contributed by atoms with Crippen LogP contribution in [0.1, 0.15) is 42.7 Å². The highest BCUT2D eigenvalue weighted by atomic mass is 16.4. The minimum atomic E-state index is -1.29. The monoisotopic (exact) mass is 280 g/mol. The summed E-state index contributed by atoms with van der Waals surface area (Å²) in [5.74, 6) is -1.49. The molecular formula is C14H20N2O4. The van der Waals surface area contributed by atoms with Gasteiger partial charge in [0.1, 0.15) is 12.1 Å². The summed E-state index contributed by atoms with van der Waals surface area (Å²) in [7, 11) is 0. The lowest BCUT2D eigenvalue weighted by Gasteiger charge is -2.15. The predicted octanol–water partition coefficient (Wildman–Crippen LogP) is 1.16. The third-order valence-corrected chi connectivity index (χ3v) is 3.02. The third-order valence-electron chi connectivity index (χ3n) is 3.02. The van der Waals surface area contributed by atoms with Gasteiger partial charge in [-0.3, -0.25) is 9.59 Å². The van der Waals surface area contributed by atoms with Gasteiger partial charge in [-0.15, -0.1) is 0 Å². The van der Waals surface area contributed by atoms with Crippen LogP contribution in [0.3, 0.4) is 0 Å². The maximum absolute atomic E-state index is 11.9. The van der Waals surface area contributed by atoms with Gasteiger partial charge in [-0.25, -0.2) is 4.79 Å². The first-order valence-electron chi connectivity index (χ1n) is 6.58. The second kappa shape index (κ2) is 6.88. The van der Waals surface area contributed by atoms with Crippen molar-refractivity contribution >= 4 is 11.9 Å². The van der Waals surface area contributed by atoms with Crippen LogP contribution in [-0.4, -0.2) is 27.6 Å². The SMILES string of the molecule is CCCC(C)NC(=O)Cn1cc(C(=O)O)c(=O)cc1C. The Hall–Kier alpha value is -2.11. The maximum Gasteiger partial charge on any atom is 0.341 e. The smallest absolute Gasteiger partial charge is 0.341 e. The van der Waals surface area contributed by atoms with Gasteiger partial charge in [0.25, 0.3) is 0 Å². The number of pyridine rings is 1. The van der Waals surface area contributed by atoms with E-state index in [9.17, 15) is 14.4 Å². The highest BCUT2D eigenvalue weighted by molar-refractivity contribution is 5.87. The average molecular weight is 280 g/mol. The van der Waals surface area contributed by atoms with Gasteiger partial charge in [-0.05, 0) is 20.3 Å². The first-order chi connectivity index (χ1) is 9.35. The fraction of sp³-hybridized carbons (Fsp3) is 0.500. The number of carboxylic acid groups (broad SMARTS) is 1. The van der Waals surface area contributed by atoms with Crippen molar-refractivity contribution in [3.63, 3.8) is 0 Å². The predicted molar refractivity (Wildman–Crippen MR) is 74.9 cm³/mol.